The van der Waals surface area contributed by atoms with Crippen LogP contribution in [-0.4, -0.2) is 21.3 Å². The van der Waals surface area contributed by atoms with Gasteiger partial charge in [0, 0.05) is 10.6 Å². The molecule has 0 aliphatic rings. The monoisotopic (exact) mass is 455 g/mol. The summed E-state index contributed by atoms with van der Waals surface area (Å²) >= 11 is 2.74. The molecule has 6 nitrogen and oxygen atoms in total. The molecule has 2 heterocycles. The van der Waals surface area contributed by atoms with Gasteiger partial charge in [-0.2, -0.15) is 0 Å². The van der Waals surface area contributed by atoms with Crippen LogP contribution in [0.25, 0.3) is 15.9 Å². The molecule has 0 saturated carbocycles. The fraction of sp³-hybridized carbons (Fsp3) is 0.136. The maximum Gasteiger partial charge on any atom is 0.336 e. The van der Waals surface area contributed by atoms with Gasteiger partial charge < -0.3 is 5.32 Å². The van der Waals surface area contributed by atoms with Crippen LogP contribution in [0.15, 0.2) is 68.4 Å². The highest BCUT2D eigenvalue weighted by Crippen LogP contribution is 2.20. The molecular weight excluding hydrogens is 437 g/mol. The molecule has 0 bridgehead atoms. The van der Waals surface area contributed by atoms with Crippen molar-refractivity contribution in [3.05, 3.63) is 86.1 Å². The lowest BCUT2D eigenvalue weighted by Gasteiger charge is -2.13. The molecule has 2 aromatic carbocycles. The molecule has 0 unspecified atom stereocenters. The molecule has 0 radical (unpaired) electrons. The summed E-state index contributed by atoms with van der Waals surface area (Å²) in [4.78, 5) is 39.9. The van der Waals surface area contributed by atoms with Gasteiger partial charge in [0.15, 0.2) is 0 Å². The first kappa shape index (κ1) is 21.1. The molecule has 0 atom stereocenters. The Morgan fingerprint density at radius 2 is 1.97 bits per heavy atom. The zero-order chi connectivity index (χ0) is 22.1. The van der Waals surface area contributed by atoms with Gasteiger partial charge in [-0.15, -0.1) is 23.1 Å². The van der Waals surface area contributed by atoms with Crippen molar-refractivity contribution in [1.29, 1.82) is 0 Å². The van der Waals surface area contributed by atoms with E-state index in [4.69, 9.17) is 0 Å². The zero-order valence-electron chi connectivity index (χ0n) is 16.7. The third-order valence-corrected chi connectivity index (χ3v) is 6.43. The van der Waals surface area contributed by atoms with Gasteiger partial charge >= 0.3 is 5.69 Å². The van der Waals surface area contributed by atoms with E-state index in [1.54, 1.807) is 36.2 Å². The van der Waals surface area contributed by atoms with Gasteiger partial charge in [0.1, 0.15) is 17.1 Å². The second-order valence-corrected chi connectivity index (χ2v) is 8.65. The molecule has 1 amide bonds. The van der Waals surface area contributed by atoms with E-state index < -0.39 is 23.0 Å². The normalized spacial score (nSPS) is 11.1. The smallest absolute Gasteiger partial charge is 0.324 e. The molecule has 0 saturated heterocycles. The number of carbonyl (C=O) groups is 1. The summed E-state index contributed by atoms with van der Waals surface area (Å²) in [7, 11) is 0. The van der Waals surface area contributed by atoms with Crippen LogP contribution in [0.2, 0.25) is 0 Å². The number of fused-ring (bicyclic) bond motifs is 1. The van der Waals surface area contributed by atoms with Crippen molar-refractivity contribution < 1.29 is 9.18 Å². The number of nitrogens with zero attached hydrogens (tertiary/aromatic N) is 2. The molecule has 0 aliphatic carbocycles. The van der Waals surface area contributed by atoms with Crippen molar-refractivity contribution in [1.82, 2.24) is 9.13 Å². The predicted molar refractivity (Wildman–Crippen MR) is 123 cm³/mol. The van der Waals surface area contributed by atoms with Crippen LogP contribution in [-0.2, 0) is 11.3 Å². The molecule has 158 valence electrons. The van der Waals surface area contributed by atoms with Gasteiger partial charge in [-0.05, 0) is 66.6 Å². The summed E-state index contributed by atoms with van der Waals surface area (Å²) in [6, 6.07) is 13.0. The first-order valence-corrected chi connectivity index (χ1v) is 11.4. The molecule has 0 aliphatic heterocycles. The highest BCUT2D eigenvalue weighted by Gasteiger charge is 2.18. The molecule has 2 aromatic heterocycles. The average molecular weight is 456 g/mol. The number of amides is 1. The highest BCUT2D eigenvalue weighted by atomic mass is 32.2. The topological polar surface area (TPSA) is 73.1 Å². The van der Waals surface area contributed by atoms with Crippen LogP contribution < -0.4 is 16.6 Å². The van der Waals surface area contributed by atoms with Crippen molar-refractivity contribution >= 4 is 44.9 Å². The first-order chi connectivity index (χ1) is 14.9. The van der Waals surface area contributed by atoms with Crippen molar-refractivity contribution in [2.24, 2.45) is 0 Å². The Balaban J connectivity index is 1.78. The molecule has 9 heteroatoms. The number of carbonyl (C=O) groups excluding carboxylic acids is 1. The Labute approximate surface area is 185 Å². The average Bonchev–Trinajstić information content (AvgIpc) is 3.24. The molecule has 4 rings (SSSR count). The molecule has 0 fully saturated rings. The largest absolute Gasteiger partial charge is 0.336 e. The maximum absolute atomic E-state index is 13.7. The lowest BCUT2D eigenvalue weighted by molar-refractivity contribution is -0.116. The fourth-order valence-corrected chi connectivity index (χ4v) is 4.56. The number of nitrogens with one attached hydrogen (secondary N) is 1. The van der Waals surface area contributed by atoms with Crippen LogP contribution in [0.3, 0.4) is 0 Å². The van der Waals surface area contributed by atoms with E-state index in [1.165, 1.54) is 34.1 Å². The summed E-state index contributed by atoms with van der Waals surface area (Å²) < 4.78 is 16.3. The molecule has 0 spiro atoms. The second kappa shape index (κ2) is 8.52. The van der Waals surface area contributed by atoms with Gasteiger partial charge in [-0.3, -0.25) is 14.2 Å². The Morgan fingerprint density at radius 1 is 1.16 bits per heavy atom. The van der Waals surface area contributed by atoms with E-state index in [0.29, 0.717) is 21.5 Å². The summed E-state index contributed by atoms with van der Waals surface area (Å²) in [6.45, 7) is 1.29. The van der Waals surface area contributed by atoms with E-state index in [9.17, 15) is 18.8 Å². The Kier molecular flexibility index (Phi) is 5.79. The number of rotatable bonds is 5. The maximum atomic E-state index is 13.7. The quantitative estimate of drug-likeness (QED) is 0.462. The van der Waals surface area contributed by atoms with Crippen molar-refractivity contribution in [2.75, 3.05) is 11.6 Å². The minimum atomic E-state index is -0.657. The van der Waals surface area contributed by atoms with Crippen LogP contribution in [0.1, 0.15) is 5.56 Å². The molecule has 31 heavy (non-hydrogen) atoms. The van der Waals surface area contributed by atoms with E-state index in [0.717, 1.165) is 9.46 Å². The number of benzene rings is 2. The fourth-order valence-electron chi connectivity index (χ4n) is 3.28. The van der Waals surface area contributed by atoms with Gasteiger partial charge in [0.05, 0.1) is 11.2 Å². The molecular formula is C22H18FN3O3S2. The Hall–Kier alpha value is -3.17. The molecule has 1 N–H and O–H groups in total. The van der Waals surface area contributed by atoms with E-state index in [2.05, 4.69) is 5.32 Å². The Bertz CT molecular complexity index is 1420. The van der Waals surface area contributed by atoms with Gasteiger partial charge in [-0.1, -0.05) is 6.07 Å². The number of halogens is 1. The van der Waals surface area contributed by atoms with Crippen molar-refractivity contribution in [2.45, 2.75) is 18.4 Å². The summed E-state index contributed by atoms with van der Waals surface area (Å²) in [5.41, 5.74) is 0.427. The standard InChI is InChI=1S/C22H18FN3O3S2/c1-13-10-15(6-7-17(13)23)26-21(28)20-18(8-9-31-20)25(22(26)29)12-19(27)24-14-4-3-5-16(11-14)30-2/h3-11H,12H2,1-2H3,(H,24,27). The summed E-state index contributed by atoms with van der Waals surface area (Å²) in [6.07, 6.45) is 1.94. The summed E-state index contributed by atoms with van der Waals surface area (Å²) in [5.74, 6) is -0.825. The number of hydrogen-bond acceptors (Lipinski definition) is 5. The Morgan fingerprint density at radius 3 is 2.71 bits per heavy atom. The molecule has 4 aromatic rings. The first-order valence-electron chi connectivity index (χ1n) is 9.32. The van der Waals surface area contributed by atoms with Crippen LogP contribution in [0.4, 0.5) is 10.1 Å². The third-order valence-electron chi connectivity index (χ3n) is 4.81. The lowest BCUT2D eigenvalue weighted by Crippen LogP contribution is -2.40. The number of aromatic nitrogens is 2. The lowest BCUT2D eigenvalue weighted by atomic mass is 10.2. The van der Waals surface area contributed by atoms with E-state index in [1.807, 2.05) is 24.5 Å². The minimum Gasteiger partial charge on any atom is -0.324 e. The number of hydrogen-bond donors (Lipinski definition) is 1. The van der Waals surface area contributed by atoms with Crippen LogP contribution in [0, 0.1) is 12.7 Å². The highest BCUT2D eigenvalue weighted by molar-refractivity contribution is 7.98. The van der Waals surface area contributed by atoms with Crippen LogP contribution in [0.5, 0.6) is 0 Å². The number of thioether (sulfide) groups is 1. The van der Waals surface area contributed by atoms with Crippen LogP contribution >= 0.6 is 23.1 Å². The predicted octanol–water partition coefficient (Wildman–Crippen LogP) is 4.02. The van der Waals surface area contributed by atoms with E-state index in [-0.39, 0.29) is 12.2 Å². The second-order valence-electron chi connectivity index (χ2n) is 6.86. The summed E-state index contributed by atoms with van der Waals surface area (Å²) in [5, 5.41) is 4.49. The van der Waals surface area contributed by atoms with Gasteiger partial charge in [-0.25, -0.2) is 13.8 Å². The minimum absolute atomic E-state index is 0.256. The van der Waals surface area contributed by atoms with Gasteiger partial charge in [0.2, 0.25) is 5.91 Å². The van der Waals surface area contributed by atoms with Gasteiger partial charge in [0.25, 0.3) is 5.56 Å². The number of thiophene rings is 1. The number of aryl methyl sites for hydroxylation is 1. The SMILES string of the molecule is CSc1cccc(NC(=O)Cn2c(=O)n(-c3ccc(F)c(C)c3)c(=O)c3sccc32)c1. The van der Waals surface area contributed by atoms with Crippen molar-refractivity contribution in [3.63, 3.8) is 0 Å². The zero-order valence-corrected chi connectivity index (χ0v) is 18.3. The third kappa shape index (κ3) is 4.06. The van der Waals surface area contributed by atoms with E-state index >= 15 is 0 Å². The van der Waals surface area contributed by atoms with Crippen molar-refractivity contribution in [3.8, 4) is 5.69 Å². The number of anilines is 1.